The van der Waals surface area contributed by atoms with Crippen molar-refractivity contribution in [3.63, 3.8) is 0 Å². The van der Waals surface area contributed by atoms with E-state index in [4.69, 9.17) is 9.47 Å². The average molecular weight is 271 g/mol. The topological polar surface area (TPSA) is 30.5 Å². The first-order chi connectivity index (χ1) is 9.72. The first-order valence-corrected chi connectivity index (χ1v) is 6.83. The van der Waals surface area contributed by atoms with E-state index in [9.17, 15) is 0 Å². The van der Waals surface area contributed by atoms with E-state index < -0.39 is 0 Å². The average Bonchev–Trinajstić information content (AvgIpc) is 2.47. The minimum atomic E-state index is 0.630. The number of hydrogen-bond donors (Lipinski definition) is 1. The molecule has 0 amide bonds. The number of benzene rings is 2. The van der Waals surface area contributed by atoms with Crippen LogP contribution in [0, 0.1) is 6.92 Å². The highest BCUT2D eigenvalue weighted by Crippen LogP contribution is 2.28. The summed E-state index contributed by atoms with van der Waals surface area (Å²) in [6, 6.07) is 14.4. The summed E-state index contributed by atoms with van der Waals surface area (Å²) >= 11 is 0. The highest BCUT2D eigenvalue weighted by molar-refractivity contribution is 5.47. The van der Waals surface area contributed by atoms with E-state index in [2.05, 4.69) is 36.5 Å². The highest BCUT2D eigenvalue weighted by Gasteiger charge is 2.05. The summed E-state index contributed by atoms with van der Waals surface area (Å²) in [5, 5.41) is 3.40. The largest absolute Gasteiger partial charge is 0.493 e. The Labute approximate surface area is 120 Å². The van der Waals surface area contributed by atoms with Gasteiger partial charge >= 0.3 is 0 Å². The van der Waals surface area contributed by atoms with E-state index in [-0.39, 0.29) is 0 Å². The predicted molar refractivity (Wildman–Crippen MR) is 82.7 cm³/mol. The Morgan fingerprint density at radius 1 is 1.00 bits per heavy atom. The molecule has 0 aliphatic carbocycles. The molecule has 1 N–H and O–H groups in total. The molecule has 20 heavy (non-hydrogen) atoms. The maximum Gasteiger partial charge on any atom is 0.161 e. The van der Waals surface area contributed by atoms with Gasteiger partial charge in [-0.25, -0.2) is 0 Å². The lowest BCUT2D eigenvalue weighted by Gasteiger charge is -2.12. The van der Waals surface area contributed by atoms with E-state index in [1.807, 2.05) is 25.1 Å². The molecule has 0 aliphatic heterocycles. The van der Waals surface area contributed by atoms with Crippen LogP contribution in [0.25, 0.3) is 0 Å². The van der Waals surface area contributed by atoms with Crippen LogP contribution in [0.3, 0.4) is 0 Å². The molecule has 106 valence electrons. The summed E-state index contributed by atoms with van der Waals surface area (Å²) in [6.07, 6.45) is 0. The van der Waals surface area contributed by atoms with Crippen LogP contribution in [0.1, 0.15) is 18.1 Å². The molecule has 0 heterocycles. The molecule has 0 saturated carbocycles. The Balaban J connectivity index is 2.05. The van der Waals surface area contributed by atoms with Crippen LogP contribution in [0.5, 0.6) is 11.5 Å². The molecule has 0 bridgehead atoms. The lowest BCUT2D eigenvalue weighted by atomic mass is 10.2. The lowest BCUT2D eigenvalue weighted by molar-refractivity contribution is 0.310. The summed E-state index contributed by atoms with van der Waals surface area (Å²) in [5.41, 5.74) is 3.54. The number of anilines is 1. The molecule has 0 atom stereocenters. The summed E-state index contributed by atoms with van der Waals surface area (Å²) in [7, 11) is 1.65. The van der Waals surface area contributed by atoms with Crippen molar-refractivity contribution in [2.75, 3.05) is 19.0 Å². The number of aryl methyl sites for hydroxylation is 1. The Morgan fingerprint density at radius 2 is 1.75 bits per heavy atom. The fraction of sp³-hybridized carbons (Fsp3) is 0.294. The number of methoxy groups -OCH3 is 1. The van der Waals surface area contributed by atoms with Crippen molar-refractivity contribution in [2.45, 2.75) is 20.4 Å². The van der Waals surface area contributed by atoms with Gasteiger partial charge in [0.25, 0.3) is 0 Å². The fourth-order valence-corrected chi connectivity index (χ4v) is 1.97. The van der Waals surface area contributed by atoms with Gasteiger partial charge < -0.3 is 14.8 Å². The molecule has 0 spiro atoms. The first-order valence-electron chi connectivity index (χ1n) is 6.83. The van der Waals surface area contributed by atoms with E-state index >= 15 is 0 Å². The molecule has 3 heteroatoms. The smallest absolute Gasteiger partial charge is 0.161 e. The SMILES string of the molecule is CCOc1cc(CNc2ccc(C)cc2)ccc1OC. The quantitative estimate of drug-likeness (QED) is 0.861. The minimum absolute atomic E-state index is 0.630. The zero-order valence-corrected chi connectivity index (χ0v) is 12.3. The molecule has 0 saturated heterocycles. The molecule has 0 fully saturated rings. The third kappa shape index (κ3) is 3.67. The first kappa shape index (κ1) is 14.3. The fourth-order valence-electron chi connectivity index (χ4n) is 1.97. The third-order valence-corrected chi connectivity index (χ3v) is 3.08. The van der Waals surface area contributed by atoms with Crippen molar-refractivity contribution in [2.24, 2.45) is 0 Å². The molecular weight excluding hydrogens is 250 g/mol. The monoisotopic (exact) mass is 271 g/mol. The van der Waals surface area contributed by atoms with Gasteiger partial charge in [-0.1, -0.05) is 23.8 Å². The molecule has 0 radical (unpaired) electrons. The van der Waals surface area contributed by atoms with E-state index in [1.165, 1.54) is 5.56 Å². The predicted octanol–water partition coefficient (Wildman–Crippen LogP) is 4.01. The molecule has 0 unspecified atom stereocenters. The van der Waals surface area contributed by atoms with Crippen molar-refractivity contribution in [1.82, 2.24) is 0 Å². The molecule has 3 nitrogen and oxygen atoms in total. The minimum Gasteiger partial charge on any atom is -0.493 e. The van der Waals surface area contributed by atoms with Gasteiger partial charge in [0.1, 0.15) is 0 Å². The molecule has 0 aliphatic rings. The lowest BCUT2D eigenvalue weighted by Crippen LogP contribution is -2.01. The van der Waals surface area contributed by atoms with Gasteiger partial charge in [0.05, 0.1) is 13.7 Å². The Morgan fingerprint density at radius 3 is 2.40 bits per heavy atom. The Bertz CT molecular complexity index is 549. The van der Waals surface area contributed by atoms with Crippen LogP contribution >= 0.6 is 0 Å². The van der Waals surface area contributed by atoms with Gasteiger partial charge in [-0.2, -0.15) is 0 Å². The van der Waals surface area contributed by atoms with Crippen LogP contribution in [0.4, 0.5) is 5.69 Å². The highest BCUT2D eigenvalue weighted by atomic mass is 16.5. The maximum atomic E-state index is 5.58. The number of rotatable bonds is 6. The van der Waals surface area contributed by atoms with E-state index in [1.54, 1.807) is 7.11 Å². The van der Waals surface area contributed by atoms with Gasteiger partial charge in [0, 0.05) is 12.2 Å². The normalized spacial score (nSPS) is 10.2. The molecule has 2 aromatic rings. The van der Waals surface area contributed by atoms with Gasteiger partial charge in [-0.05, 0) is 43.7 Å². The summed E-state index contributed by atoms with van der Waals surface area (Å²) < 4.78 is 10.9. The molecule has 2 aromatic carbocycles. The van der Waals surface area contributed by atoms with Gasteiger partial charge in [0.2, 0.25) is 0 Å². The Hall–Kier alpha value is -2.16. The van der Waals surface area contributed by atoms with E-state index in [0.29, 0.717) is 6.61 Å². The maximum absolute atomic E-state index is 5.58. The summed E-state index contributed by atoms with van der Waals surface area (Å²) in [5.74, 6) is 1.56. The number of hydrogen-bond acceptors (Lipinski definition) is 3. The van der Waals surface area contributed by atoms with Gasteiger partial charge in [0.15, 0.2) is 11.5 Å². The summed E-state index contributed by atoms with van der Waals surface area (Å²) in [6.45, 7) is 5.44. The molecule has 0 aromatic heterocycles. The number of nitrogens with one attached hydrogen (secondary N) is 1. The van der Waals surface area contributed by atoms with Crippen molar-refractivity contribution in [3.8, 4) is 11.5 Å². The summed E-state index contributed by atoms with van der Waals surface area (Å²) in [4.78, 5) is 0. The van der Waals surface area contributed by atoms with Crippen molar-refractivity contribution >= 4 is 5.69 Å². The third-order valence-electron chi connectivity index (χ3n) is 3.08. The van der Waals surface area contributed by atoms with Crippen LogP contribution in [-0.2, 0) is 6.54 Å². The second kappa shape index (κ2) is 6.85. The number of ether oxygens (including phenoxy) is 2. The van der Waals surface area contributed by atoms with Crippen LogP contribution < -0.4 is 14.8 Å². The van der Waals surface area contributed by atoms with Crippen LogP contribution in [0.15, 0.2) is 42.5 Å². The van der Waals surface area contributed by atoms with Crippen molar-refractivity contribution in [3.05, 3.63) is 53.6 Å². The van der Waals surface area contributed by atoms with Crippen molar-refractivity contribution < 1.29 is 9.47 Å². The standard InChI is InChI=1S/C17H21NO2/c1-4-20-17-11-14(7-10-16(17)19-3)12-18-15-8-5-13(2)6-9-15/h5-11,18H,4,12H2,1-3H3. The van der Waals surface area contributed by atoms with Gasteiger partial charge in [-0.15, -0.1) is 0 Å². The van der Waals surface area contributed by atoms with Crippen LogP contribution in [-0.4, -0.2) is 13.7 Å². The zero-order valence-electron chi connectivity index (χ0n) is 12.3. The second-order valence-electron chi connectivity index (χ2n) is 4.64. The van der Waals surface area contributed by atoms with Gasteiger partial charge in [-0.3, -0.25) is 0 Å². The second-order valence-corrected chi connectivity index (χ2v) is 4.64. The van der Waals surface area contributed by atoms with Crippen LogP contribution in [0.2, 0.25) is 0 Å². The van der Waals surface area contributed by atoms with E-state index in [0.717, 1.165) is 29.3 Å². The van der Waals surface area contributed by atoms with Crippen molar-refractivity contribution in [1.29, 1.82) is 0 Å². The molecule has 2 rings (SSSR count). The Kier molecular flexibility index (Phi) is 4.88. The zero-order chi connectivity index (χ0) is 14.4. The molecular formula is C17H21NO2.